The number of carbonyl (C=O) groups excluding carboxylic acids is 1. The van der Waals surface area contributed by atoms with Crippen molar-refractivity contribution in [2.75, 3.05) is 5.32 Å². The van der Waals surface area contributed by atoms with Gasteiger partial charge in [-0.25, -0.2) is 9.78 Å². The molecule has 2 fully saturated rings. The van der Waals surface area contributed by atoms with E-state index < -0.39 is 17.2 Å². The lowest BCUT2D eigenvalue weighted by atomic mass is 10.1. The van der Waals surface area contributed by atoms with Crippen LogP contribution in [0.15, 0.2) is 15.7 Å². The summed E-state index contributed by atoms with van der Waals surface area (Å²) in [5, 5.41) is 12.5. The number of rotatable bonds is 6. The third-order valence-electron chi connectivity index (χ3n) is 5.34. The van der Waals surface area contributed by atoms with Crippen molar-refractivity contribution in [3.8, 4) is 0 Å². The van der Waals surface area contributed by atoms with Crippen LogP contribution in [-0.4, -0.2) is 30.6 Å². The standard InChI is InChI=1S/C20H22N6O3S/c1-9(2)8-26-15-14(17(28)23-20(26)29)12(7-13(21-15)10-3-4-10)16(27)22-19-25-24-18(30-19)11-5-6-11/h7,9-11H,3-6,8H2,1-2H3,(H,22,25,27)(H,23,28,29). The Balaban J connectivity index is 1.62. The molecule has 2 aliphatic rings. The molecule has 2 N–H and O–H groups in total. The molecule has 3 aromatic rings. The summed E-state index contributed by atoms with van der Waals surface area (Å²) in [7, 11) is 0. The summed E-state index contributed by atoms with van der Waals surface area (Å²) in [5.41, 5.74) is 0.106. The Bertz CT molecular complexity index is 1270. The van der Waals surface area contributed by atoms with Gasteiger partial charge < -0.3 is 0 Å². The first-order chi connectivity index (χ1) is 14.4. The van der Waals surface area contributed by atoms with E-state index in [4.69, 9.17) is 0 Å². The summed E-state index contributed by atoms with van der Waals surface area (Å²) >= 11 is 1.36. The molecule has 2 saturated carbocycles. The van der Waals surface area contributed by atoms with E-state index >= 15 is 0 Å². The topological polar surface area (TPSA) is 123 Å². The molecular formula is C20H22N6O3S. The van der Waals surface area contributed by atoms with Gasteiger partial charge in [-0.15, -0.1) is 10.2 Å². The maximum Gasteiger partial charge on any atom is 0.330 e. The van der Waals surface area contributed by atoms with E-state index in [1.807, 2.05) is 13.8 Å². The molecule has 0 aliphatic heterocycles. The van der Waals surface area contributed by atoms with Crippen molar-refractivity contribution in [2.24, 2.45) is 5.92 Å². The second-order valence-corrected chi connectivity index (χ2v) is 9.51. The van der Waals surface area contributed by atoms with Crippen LogP contribution in [0.25, 0.3) is 11.0 Å². The molecule has 0 bridgehead atoms. The molecule has 0 aromatic carbocycles. The minimum Gasteiger partial charge on any atom is -0.296 e. The van der Waals surface area contributed by atoms with Crippen molar-refractivity contribution >= 4 is 33.4 Å². The molecule has 10 heteroatoms. The van der Waals surface area contributed by atoms with Crippen LogP contribution >= 0.6 is 11.3 Å². The molecule has 0 saturated heterocycles. The number of hydrogen-bond donors (Lipinski definition) is 2. The number of H-pyrrole nitrogens is 1. The number of nitrogens with zero attached hydrogens (tertiary/aromatic N) is 4. The molecule has 0 unspecified atom stereocenters. The van der Waals surface area contributed by atoms with Crippen LogP contribution in [0.1, 0.15) is 72.4 Å². The lowest BCUT2D eigenvalue weighted by molar-refractivity contribution is 0.102. The number of anilines is 1. The number of amides is 1. The molecule has 1 amide bonds. The summed E-state index contributed by atoms with van der Waals surface area (Å²) in [6.45, 7) is 4.36. The van der Waals surface area contributed by atoms with Crippen molar-refractivity contribution in [1.82, 2.24) is 24.7 Å². The number of aromatic nitrogens is 5. The number of pyridine rings is 1. The predicted molar refractivity (Wildman–Crippen MR) is 113 cm³/mol. The van der Waals surface area contributed by atoms with Crippen molar-refractivity contribution < 1.29 is 4.79 Å². The fraction of sp³-hybridized carbons (Fsp3) is 0.500. The summed E-state index contributed by atoms with van der Waals surface area (Å²) < 4.78 is 1.46. The van der Waals surface area contributed by atoms with Gasteiger partial charge in [-0.05, 0) is 37.7 Å². The maximum atomic E-state index is 13.1. The van der Waals surface area contributed by atoms with Crippen molar-refractivity contribution in [3.05, 3.63) is 43.2 Å². The molecule has 5 rings (SSSR count). The molecule has 156 valence electrons. The van der Waals surface area contributed by atoms with Gasteiger partial charge in [-0.3, -0.25) is 24.5 Å². The van der Waals surface area contributed by atoms with Crippen molar-refractivity contribution in [2.45, 2.75) is 57.9 Å². The smallest absolute Gasteiger partial charge is 0.296 e. The van der Waals surface area contributed by atoms with Crippen LogP contribution in [0.2, 0.25) is 0 Å². The highest BCUT2D eigenvalue weighted by Crippen LogP contribution is 2.42. The lowest BCUT2D eigenvalue weighted by Crippen LogP contribution is -2.33. The van der Waals surface area contributed by atoms with Gasteiger partial charge in [-0.1, -0.05) is 25.2 Å². The van der Waals surface area contributed by atoms with Gasteiger partial charge in [0.05, 0.1) is 10.9 Å². The number of hydrogen-bond acceptors (Lipinski definition) is 7. The Morgan fingerprint density at radius 1 is 1.23 bits per heavy atom. The van der Waals surface area contributed by atoms with Gasteiger partial charge in [0, 0.05) is 24.1 Å². The van der Waals surface area contributed by atoms with Crippen LogP contribution in [0.5, 0.6) is 0 Å². The fourth-order valence-electron chi connectivity index (χ4n) is 3.54. The zero-order valence-electron chi connectivity index (χ0n) is 16.8. The molecule has 0 radical (unpaired) electrons. The second kappa shape index (κ2) is 7.12. The van der Waals surface area contributed by atoms with Gasteiger partial charge in [0.15, 0.2) is 5.65 Å². The molecule has 9 nitrogen and oxygen atoms in total. The SMILES string of the molecule is CC(C)Cn1c(=O)[nH]c(=O)c2c(C(=O)Nc3nnc(C4CC4)s3)cc(C3CC3)nc21. The van der Waals surface area contributed by atoms with E-state index in [0.29, 0.717) is 17.6 Å². The zero-order chi connectivity index (χ0) is 21.0. The average Bonchev–Trinajstić information content (AvgIpc) is 3.62. The van der Waals surface area contributed by atoms with Crippen LogP contribution in [0, 0.1) is 5.92 Å². The van der Waals surface area contributed by atoms with Crippen LogP contribution in [0.4, 0.5) is 5.13 Å². The summed E-state index contributed by atoms with van der Waals surface area (Å²) in [6, 6.07) is 1.68. The summed E-state index contributed by atoms with van der Waals surface area (Å²) in [6.07, 6.45) is 4.17. The van der Waals surface area contributed by atoms with E-state index in [0.717, 1.165) is 36.4 Å². The summed E-state index contributed by atoms with van der Waals surface area (Å²) in [5.74, 6) is 0.432. The van der Waals surface area contributed by atoms with Crippen LogP contribution in [-0.2, 0) is 6.54 Å². The van der Waals surface area contributed by atoms with E-state index in [1.54, 1.807) is 6.07 Å². The van der Waals surface area contributed by atoms with Crippen molar-refractivity contribution in [1.29, 1.82) is 0 Å². The zero-order valence-corrected chi connectivity index (χ0v) is 17.6. The monoisotopic (exact) mass is 426 g/mol. The minimum absolute atomic E-state index is 0.129. The third kappa shape index (κ3) is 3.55. The van der Waals surface area contributed by atoms with E-state index in [-0.39, 0.29) is 28.4 Å². The highest BCUT2D eigenvalue weighted by molar-refractivity contribution is 7.15. The highest BCUT2D eigenvalue weighted by Gasteiger charge is 2.30. The Hall–Kier alpha value is -2.88. The van der Waals surface area contributed by atoms with Crippen molar-refractivity contribution in [3.63, 3.8) is 0 Å². The lowest BCUT2D eigenvalue weighted by Gasteiger charge is -2.14. The molecule has 30 heavy (non-hydrogen) atoms. The number of aromatic amines is 1. The largest absolute Gasteiger partial charge is 0.330 e. The van der Waals surface area contributed by atoms with E-state index in [9.17, 15) is 14.4 Å². The molecule has 0 atom stereocenters. The Morgan fingerprint density at radius 2 is 1.97 bits per heavy atom. The fourth-order valence-corrected chi connectivity index (χ4v) is 4.45. The summed E-state index contributed by atoms with van der Waals surface area (Å²) in [4.78, 5) is 45.3. The quantitative estimate of drug-likeness (QED) is 0.625. The molecule has 3 heterocycles. The molecular weight excluding hydrogens is 404 g/mol. The highest BCUT2D eigenvalue weighted by atomic mass is 32.1. The molecule has 3 aromatic heterocycles. The third-order valence-corrected chi connectivity index (χ3v) is 6.35. The number of nitrogens with one attached hydrogen (secondary N) is 2. The Morgan fingerprint density at radius 3 is 2.63 bits per heavy atom. The normalized spacial score (nSPS) is 16.4. The van der Waals surface area contributed by atoms with Gasteiger partial charge in [0.25, 0.3) is 11.5 Å². The van der Waals surface area contributed by atoms with Gasteiger partial charge in [0.2, 0.25) is 5.13 Å². The number of carbonyl (C=O) groups is 1. The van der Waals surface area contributed by atoms with Gasteiger partial charge >= 0.3 is 5.69 Å². The molecule has 0 spiro atoms. The first-order valence-corrected chi connectivity index (χ1v) is 11.0. The van der Waals surface area contributed by atoms with Crippen LogP contribution < -0.4 is 16.6 Å². The first-order valence-electron chi connectivity index (χ1n) is 10.2. The van der Waals surface area contributed by atoms with E-state index in [2.05, 4.69) is 25.5 Å². The second-order valence-electron chi connectivity index (χ2n) is 8.51. The van der Waals surface area contributed by atoms with Gasteiger partial charge in [-0.2, -0.15) is 0 Å². The maximum absolute atomic E-state index is 13.1. The molecule has 2 aliphatic carbocycles. The minimum atomic E-state index is -0.606. The van der Waals surface area contributed by atoms with Crippen LogP contribution in [0.3, 0.4) is 0 Å². The van der Waals surface area contributed by atoms with E-state index in [1.165, 1.54) is 15.9 Å². The predicted octanol–water partition coefficient (Wildman–Crippen LogP) is 2.60. The Labute approximate surface area is 175 Å². The average molecular weight is 427 g/mol. The first kappa shape index (κ1) is 19.1. The van der Waals surface area contributed by atoms with Gasteiger partial charge in [0.1, 0.15) is 5.01 Å². The number of fused-ring (bicyclic) bond motifs is 1. The Kier molecular flexibility index (Phi) is 4.53.